The van der Waals surface area contributed by atoms with Gasteiger partial charge in [-0.25, -0.2) is 4.98 Å². The standard InChI is InChI=1S/C12H19N3/c1-9-7-11(13)12(14-8-9)15-10-5-3-2-4-6-10/h7-8,10H,2-6,13H2,1H3,(H,14,15). The number of aryl methyl sites for hydroxylation is 1. The summed E-state index contributed by atoms with van der Waals surface area (Å²) in [5.41, 5.74) is 7.79. The molecular weight excluding hydrogens is 186 g/mol. The van der Waals surface area contributed by atoms with Gasteiger partial charge in [0.1, 0.15) is 5.82 Å². The number of hydrogen-bond donors (Lipinski definition) is 2. The maximum absolute atomic E-state index is 5.91. The number of pyridine rings is 1. The maximum atomic E-state index is 5.91. The summed E-state index contributed by atoms with van der Waals surface area (Å²) in [6.07, 6.45) is 8.37. The van der Waals surface area contributed by atoms with Crippen molar-refractivity contribution in [2.45, 2.75) is 45.1 Å². The first-order chi connectivity index (χ1) is 7.25. The molecule has 0 saturated heterocycles. The smallest absolute Gasteiger partial charge is 0.149 e. The molecular formula is C12H19N3. The average Bonchev–Trinajstić information content (AvgIpc) is 2.24. The van der Waals surface area contributed by atoms with Gasteiger partial charge in [0.15, 0.2) is 0 Å². The Labute approximate surface area is 91.1 Å². The van der Waals surface area contributed by atoms with Crippen LogP contribution in [0.25, 0.3) is 0 Å². The van der Waals surface area contributed by atoms with E-state index in [4.69, 9.17) is 5.73 Å². The predicted molar refractivity (Wildman–Crippen MR) is 63.9 cm³/mol. The number of aromatic nitrogens is 1. The van der Waals surface area contributed by atoms with Gasteiger partial charge in [-0.3, -0.25) is 0 Å². The lowest BCUT2D eigenvalue weighted by molar-refractivity contribution is 0.462. The summed E-state index contributed by atoms with van der Waals surface area (Å²) in [5, 5.41) is 3.44. The summed E-state index contributed by atoms with van der Waals surface area (Å²) in [6, 6.07) is 2.54. The fourth-order valence-corrected chi connectivity index (χ4v) is 2.15. The lowest BCUT2D eigenvalue weighted by atomic mass is 9.95. The van der Waals surface area contributed by atoms with Crippen LogP contribution in [0.3, 0.4) is 0 Å². The van der Waals surface area contributed by atoms with E-state index in [9.17, 15) is 0 Å². The van der Waals surface area contributed by atoms with Crippen molar-refractivity contribution in [1.29, 1.82) is 0 Å². The van der Waals surface area contributed by atoms with E-state index in [0.717, 1.165) is 17.1 Å². The minimum Gasteiger partial charge on any atom is -0.396 e. The first kappa shape index (κ1) is 10.3. The van der Waals surface area contributed by atoms with Gasteiger partial charge in [-0.05, 0) is 31.4 Å². The highest BCUT2D eigenvalue weighted by atomic mass is 15.0. The molecule has 15 heavy (non-hydrogen) atoms. The summed E-state index contributed by atoms with van der Waals surface area (Å²) in [6.45, 7) is 2.01. The molecule has 1 fully saturated rings. The van der Waals surface area contributed by atoms with Crippen LogP contribution in [0.4, 0.5) is 11.5 Å². The summed E-state index contributed by atoms with van der Waals surface area (Å²) in [4.78, 5) is 4.34. The molecule has 1 aliphatic carbocycles. The third-order valence-corrected chi connectivity index (χ3v) is 3.00. The van der Waals surface area contributed by atoms with Crippen LogP contribution in [0.15, 0.2) is 12.3 Å². The Morgan fingerprint density at radius 2 is 2.07 bits per heavy atom. The molecule has 0 aromatic carbocycles. The van der Waals surface area contributed by atoms with E-state index < -0.39 is 0 Å². The van der Waals surface area contributed by atoms with Crippen LogP contribution in [0, 0.1) is 6.92 Å². The van der Waals surface area contributed by atoms with E-state index in [1.54, 1.807) is 0 Å². The van der Waals surface area contributed by atoms with E-state index in [1.807, 2.05) is 19.2 Å². The van der Waals surface area contributed by atoms with Crippen molar-refractivity contribution in [2.24, 2.45) is 0 Å². The van der Waals surface area contributed by atoms with Crippen LogP contribution in [0.2, 0.25) is 0 Å². The Bertz CT molecular complexity index is 330. The number of nitrogens with one attached hydrogen (secondary N) is 1. The van der Waals surface area contributed by atoms with Crippen molar-refractivity contribution in [3.8, 4) is 0 Å². The number of nitrogens with zero attached hydrogens (tertiary/aromatic N) is 1. The molecule has 1 aromatic rings. The fraction of sp³-hybridized carbons (Fsp3) is 0.583. The zero-order chi connectivity index (χ0) is 10.7. The Balaban J connectivity index is 2.03. The first-order valence-corrected chi connectivity index (χ1v) is 5.74. The molecule has 3 N–H and O–H groups in total. The fourth-order valence-electron chi connectivity index (χ4n) is 2.15. The SMILES string of the molecule is Cc1cnc(NC2CCCCC2)c(N)c1. The molecule has 0 atom stereocenters. The molecule has 1 heterocycles. The van der Waals surface area contributed by atoms with Crippen molar-refractivity contribution in [3.05, 3.63) is 17.8 Å². The minimum atomic E-state index is 0.566. The van der Waals surface area contributed by atoms with E-state index in [-0.39, 0.29) is 0 Å². The monoisotopic (exact) mass is 205 g/mol. The molecule has 3 heteroatoms. The summed E-state index contributed by atoms with van der Waals surface area (Å²) >= 11 is 0. The summed E-state index contributed by atoms with van der Waals surface area (Å²) in [7, 11) is 0. The molecule has 0 spiro atoms. The molecule has 2 rings (SSSR count). The van der Waals surface area contributed by atoms with Crippen molar-refractivity contribution in [3.63, 3.8) is 0 Å². The van der Waals surface area contributed by atoms with E-state index in [2.05, 4.69) is 10.3 Å². The van der Waals surface area contributed by atoms with Crippen molar-refractivity contribution in [1.82, 2.24) is 4.98 Å². The molecule has 0 aliphatic heterocycles. The number of hydrogen-bond acceptors (Lipinski definition) is 3. The van der Waals surface area contributed by atoms with Gasteiger partial charge in [-0.2, -0.15) is 0 Å². The third kappa shape index (κ3) is 2.61. The number of nitrogen functional groups attached to an aromatic ring is 1. The highest BCUT2D eigenvalue weighted by Gasteiger charge is 2.14. The van der Waals surface area contributed by atoms with Crippen LogP contribution in [-0.2, 0) is 0 Å². The second-order valence-electron chi connectivity index (χ2n) is 4.43. The molecule has 0 radical (unpaired) electrons. The maximum Gasteiger partial charge on any atom is 0.149 e. The van der Waals surface area contributed by atoms with Crippen LogP contribution in [0.5, 0.6) is 0 Å². The zero-order valence-corrected chi connectivity index (χ0v) is 9.29. The molecule has 0 bridgehead atoms. The Kier molecular flexibility index (Phi) is 3.09. The topological polar surface area (TPSA) is 50.9 Å². The van der Waals surface area contributed by atoms with Crippen molar-refractivity contribution in [2.75, 3.05) is 11.1 Å². The normalized spacial score (nSPS) is 17.7. The van der Waals surface area contributed by atoms with Gasteiger partial charge in [-0.1, -0.05) is 19.3 Å². The number of nitrogens with two attached hydrogens (primary N) is 1. The highest BCUT2D eigenvalue weighted by Crippen LogP contribution is 2.23. The van der Waals surface area contributed by atoms with E-state index in [0.29, 0.717) is 6.04 Å². The van der Waals surface area contributed by atoms with E-state index >= 15 is 0 Å². The Hall–Kier alpha value is -1.25. The van der Waals surface area contributed by atoms with Crippen LogP contribution >= 0.6 is 0 Å². The lowest BCUT2D eigenvalue weighted by Crippen LogP contribution is -2.23. The van der Waals surface area contributed by atoms with Gasteiger partial charge in [-0.15, -0.1) is 0 Å². The molecule has 3 nitrogen and oxygen atoms in total. The van der Waals surface area contributed by atoms with Crippen LogP contribution in [-0.4, -0.2) is 11.0 Å². The highest BCUT2D eigenvalue weighted by molar-refractivity contribution is 5.62. The average molecular weight is 205 g/mol. The van der Waals surface area contributed by atoms with Crippen molar-refractivity contribution < 1.29 is 0 Å². The minimum absolute atomic E-state index is 0.566. The zero-order valence-electron chi connectivity index (χ0n) is 9.29. The first-order valence-electron chi connectivity index (χ1n) is 5.74. The van der Waals surface area contributed by atoms with Crippen LogP contribution in [0.1, 0.15) is 37.7 Å². The summed E-state index contributed by atoms with van der Waals surface area (Å²) in [5.74, 6) is 0.854. The third-order valence-electron chi connectivity index (χ3n) is 3.00. The van der Waals surface area contributed by atoms with Gasteiger partial charge in [0.25, 0.3) is 0 Å². The number of rotatable bonds is 2. The second-order valence-corrected chi connectivity index (χ2v) is 4.43. The van der Waals surface area contributed by atoms with Crippen LogP contribution < -0.4 is 11.1 Å². The molecule has 0 amide bonds. The number of anilines is 2. The quantitative estimate of drug-likeness (QED) is 0.780. The molecule has 1 saturated carbocycles. The van der Waals surface area contributed by atoms with E-state index in [1.165, 1.54) is 32.1 Å². The molecule has 82 valence electrons. The second kappa shape index (κ2) is 4.51. The van der Waals surface area contributed by atoms with Gasteiger partial charge < -0.3 is 11.1 Å². The largest absolute Gasteiger partial charge is 0.396 e. The molecule has 1 aliphatic rings. The Morgan fingerprint density at radius 1 is 1.33 bits per heavy atom. The lowest BCUT2D eigenvalue weighted by Gasteiger charge is -2.23. The molecule has 1 aromatic heterocycles. The van der Waals surface area contributed by atoms with Crippen molar-refractivity contribution >= 4 is 11.5 Å². The molecule has 0 unspecified atom stereocenters. The Morgan fingerprint density at radius 3 is 2.73 bits per heavy atom. The van der Waals surface area contributed by atoms with Gasteiger partial charge in [0.05, 0.1) is 5.69 Å². The summed E-state index contributed by atoms with van der Waals surface area (Å²) < 4.78 is 0. The predicted octanol–water partition coefficient (Wildman–Crippen LogP) is 2.72. The van der Waals surface area contributed by atoms with Gasteiger partial charge >= 0.3 is 0 Å². The van der Waals surface area contributed by atoms with Gasteiger partial charge in [0, 0.05) is 12.2 Å². The van der Waals surface area contributed by atoms with Gasteiger partial charge in [0.2, 0.25) is 0 Å².